The van der Waals surface area contributed by atoms with E-state index in [2.05, 4.69) is 55.3 Å². The predicted molar refractivity (Wildman–Crippen MR) is 210 cm³/mol. The van der Waals surface area contributed by atoms with E-state index in [4.69, 9.17) is 4.52 Å². The second kappa shape index (κ2) is 14.7. The minimum absolute atomic E-state index is 0.0364. The lowest BCUT2D eigenvalue weighted by Crippen LogP contribution is -2.36. The van der Waals surface area contributed by atoms with Gasteiger partial charge >= 0.3 is 0 Å². The van der Waals surface area contributed by atoms with Crippen molar-refractivity contribution in [2.45, 2.75) is 110 Å². The van der Waals surface area contributed by atoms with E-state index in [0.717, 1.165) is 45.9 Å². The van der Waals surface area contributed by atoms with E-state index in [1.807, 2.05) is 100.0 Å². The van der Waals surface area contributed by atoms with E-state index in [-0.39, 0.29) is 35.6 Å². The predicted octanol–water partition coefficient (Wildman–Crippen LogP) is 10.8. The number of halogens is 1. The van der Waals surface area contributed by atoms with E-state index < -0.39 is 17.4 Å². The molecule has 0 amide bonds. The van der Waals surface area contributed by atoms with Gasteiger partial charge in [0.2, 0.25) is 0 Å². The van der Waals surface area contributed by atoms with Crippen LogP contribution in [0.15, 0.2) is 70.0 Å². The molecule has 1 aliphatic rings. The van der Waals surface area contributed by atoms with Crippen LogP contribution >= 0.6 is 23.3 Å². The first-order valence-electron chi connectivity index (χ1n) is 17.8. The maximum absolute atomic E-state index is 16.1. The molecule has 4 aromatic rings. The van der Waals surface area contributed by atoms with Crippen LogP contribution in [0.25, 0.3) is 10.9 Å². The molecule has 6 nitrogen and oxygen atoms in total. The van der Waals surface area contributed by atoms with Gasteiger partial charge in [-0.25, -0.2) is 8.42 Å². The van der Waals surface area contributed by atoms with Gasteiger partial charge in [-0.15, -0.1) is 0 Å². The largest absolute Gasteiger partial charge is 0.329 e. The Morgan fingerprint density at radius 1 is 0.878 bits per heavy atom. The number of aromatic nitrogens is 1. The molecule has 0 spiro atoms. The molecule has 0 bridgehead atoms. The van der Waals surface area contributed by atoms with Gasteiger partial charge in [0.05, 0.1) is 21.8 Å². The number of anilines is 1. The molecule has 1 heterocycles. The summed E-state index contributed by atoms with van der Waals surface area (Å²) in [6.45, 7) is 19.1. The Morgan fingerprint density at radius 2 is 1.49 bits per heavy atom. The second-order valence-corrected chi connectivity index (χ2v) is 20.2. The average Bonchev–Trinajstić information content (AvgIpc) is 3.30. The van der Waals surface area contributed by atoms with Gasteiger partial charge in [0.25, 0.3) is 17.4 Å². The van der Waals surface area contributed by atoms with Crippen molar-refractivity contribution in [1.82, 2.24) is 4.57 Å². The highest BCUT2D eigenvalue weighted by Crippen LogP contribution is 2.54. The number of benzene rings is 3. The van der Waals surface area contributed by atoms with Crippen molar-refractivity contribution in [3.05, 3.63) is 81.8 Å². The Morgan fingerprint density at radius 3 is 2.04 bits per heavy atom. The number of sulfonamides is 1. The van der Waals surface area contributed by atoms with E-state index in [9.17, 15) is 8.42 Å². The molecule has 1 unspecified atom stereocenters. The van der Waals surface area contributed by atoms with Crippen LogP contribution in [0.1, 0.15) is 116 Å². The van der Waals surface area contributed by atoms with Gasteiger partial charge in [0.15, 0.2) is 0 Å². The zero-order chi connectivity index (χ0) is 36.0. The summed E-state index contributed by atoms with van der Waals surface area (Å²) in [5.74, 6) is 1.45. The fourth-order valence-corrected chi connectivity index (χ4v) is 12.4. The monoisotopic (exact) mass is 768 g/mol. The summed E-state index contributed by atoms with van der Waals surface area (Å²) in [6.07, 6.45) is 2.66. The maximum atomic E-state index is 16.1. The molecule has 0 saturated heterocycles. The third-order valence-corrected chi connectivity index (χ3v) is 14.9. The van der Waals surface area contributed by atoms with Crippen LogP contribution in [0.3, 0.4) is 0 Å². The number of fused-ring (bicyclic) bond motifs is 1. The van der Waals surface area contributed by atoms with Gasteiger partial charge in [-0.2, -0.15) is 0 Å². The molecule has 266 valence electrons. The van der Waals surface area contributed by atoms with Gasteiger partial charge in [-0.05, 0) is 95.4 Å². The molecule has 3 aromatic carbocycles. The minimum atomic E-state index is -4.18. The van der Waals surface area contributed by atoms with Crippen molar-refractivity contribution in [2.75, 3.05) is 4.72 Å². The van der Waals surface area contributed by atoms with Crippen molar-refractivity contribution >= 4 is 60.7 Å². The van der Waals surface area contributed by atoms with E-state index in [0.29, 0.717) is 32.7 Å². The molecule has 1 fully saturated rings. The summed E-state index contributed by atoms with van der Waals surface area (Å²) in [5, 5.41) is 1.63. The number of nitrogens with one attached hydrogen (secondary N) is 1. The van der Waals surface area contributed by atoms with Crippen molar-refractivity contribution in [3.8, 4) is 0 Å². The quantitative estimate of drug-likeness (QED) is 0.154. The van der Waals surface area contributed by atoms with Crippen LogP contribution in [0.4, 0.5) is 5.82 Å². The Bertz CT molecular complexity index is 1940. The lowest BCUT2D eigenvalue weighted by atomic mass is 9.75. The van der Waals surface area contributed by atoms with Crippen molar-refractivity contribution in [2.24, 2.45) is 24.8 Å². The van der Waals surface area contributed by atoms with Gasteiger partial charge < -0.3 is 9.09 Å². The molecular weight excluding hydrogens is 715 g/mol. The lowest BCUT2D eigenvalue weighted by Gasteiger charge is -2.39. The molecule has 0 radical (unpaired) electrons. The van der Waals surface area contributed by atoms with Crippen molar-refractivity contribution < 1.29 is 17.5 Å². The molecule has 1 saturated carbocycles. The number of hydrogen-bond acceptors (Lipinski definition) is 4. The van der Waals surface area contributed by atoms with Crippen molar-refractivity contribution in [3.63, 3.8) is 0 Å². The van der Waals surface area contributed by atoms with Gasteiger partial charge in [0.1, 0.15) is 5.82 Å². The number of rotatable bonds is 11. The van der Waals surface area contributed by atoms with Crippen LogP contribution < -0.4 is 15.3 Å². The molecule has 5 rings (SSSR count). The van der Waals surface area contributed by atoms with Crippen LogP contribution in [0, 0.1) is 17.8 Å². The lowest BCUT2D eigenvalue weighted by molar-refractivity contribution is 0.0515. The zero-order valence-corrected chi connectivity index (χ0v) is 34.0. The minimum Gasteiger partial charge on any atom is -0.329 e. The Kier molecular flexibility index (Phi) is 11.4. The van der Waals surface area contributed by atoms with Gasteiger partial charge in [-0.1, -0.05) is 115 Å². The first kappa shape index (κ1) is 37.9. The highest BCUT2D eigenvalue weighted by atomic mass is 79.9. The van der Waals surface area contributed by atoms with E-state index in [1.54, 1.807) is 0 Å². The molecule has 49 heavy (non-hydrogen) atoms. The molecule has 0 aliphatic heterocycles. The number of hydrogen-bond donors (Lipinski definition) is 1. The maximum Gasteiger partial charge on any atom is 0.265 e. The fraction of sp³-hybridized carbons (Fsp3) is 0.500. The molecule has 1 aliphatic carbocycles. The Hall–Kier alpha value is -2.38. The number of aryl methyl sites for hydroxylation is 1. The third-order valence-electron chi connectivity index (χ3n) is 10.3. The van der Waals surface area contributed by atoms with Crippen LogP contribution in [0.2, 0.25) is 0 Å². The average molecular weight is 770 g/mol. The first-order valence-corrected chi connectivity index (χ1v) is 21.7. The highest BCUT2D eigenvalue weighted by molar-refractivity contribution is 9.10. The summed E-state index contributed by atoms with van der Waals surface area (Å²) in [6, 6.07) is 19.2. The van der Waals surface area contributed by atoms with Crippen LogP contribution in [-0.2, 0) is 26.2 Å². The molecule has 4 atom stereocenters. The zero-order valence-electron chi connectivity index (χ0n) is 30.7. The summed E-state index contributed by atoms with van der Waals surface area (Å²) < 4.78 is 58.8. The SMILES string of the molecule is CC(C)c1cc(C(C)C)c(S(=O)(=O)Nc2c(P(=O)(O[C@@H]3C[C@H](C)CC[C@H]3C(C)C)c3ccccc3)c3cc(Br)ccc3n2C)c(C(C)C)c1. The van der Waals surface area contributed by atoms with Crippen molar-refractivity contribution in [1.29, 1.82) is 0 Å². The Balaban J connectivity index is 1.80. The summed E-state index contributed by atoms with van der Waals surface area (Å²) in [4.78, 5) is 0.302. The van der Waals surface area contributed by atoms with Gasteiger partial charge in [0, 0.05) is 22.2 Å². The molecule has 9 heteroatoms. The van der Waals surface area contributed by atoms with E-state index in [1.165, 1.54) is 0 Å². The normalized spacial score (nSPS) is 20.1. The fourth-order valence-electron chi connectivity index (χ4n) is 7.48. The summed E-state index contributed by atoms with van der Waals surface area (Å²) in [7, 11) is -6.25. The molecule has 1 N–H and O–H groups in total. The topological polar surface area (TPSA) is 77.4 Å². The Labute approximate surface area is 303 Å². The smallest absolute Gasteiger partial charge is 0.265 e. The van der Waals surface area contributed by atoms with Crippen LogP contribution in [0.5, 0.6) is 0 Å². The van der Waals surface area contributed by atoms with E-state index >= 15 is 4.57 Å². The summed E-state index contributed by atoms with van der Waals surface area (Å²) >= 11 is 3.65. The standard InChI is InChI=1S/C40H54BrN2O4PS/c1-24(2)29-21-33(26(5)6)39(34(22-29)27(7)8)49(45,46)42-40-38(35-23-30(41)17-19-36(35)43(40)10)48(44,31-14-12-11-13-15-31)47-37-20-28(9)16-18-32(37)25(3)4/h11-15,17,19,21-28,32,37,42H,16,18,20H2,1-10H3/t28-,32+,37-,48?/m1/s1. The molecule has 1 aromatic heterocycles. The highest BCUT2D eigenvalue weighted by Gasteiger charge is 2.43. The third kappa shape index (κ3) is 7.49. The summed E-state index contributed by atoms with van der Waals surface area (Å²) in [5.41, 5.74) is 3.44. The number of nitrogens with zero attached hydrogens (tertiary/aromatic N) is 1. The second-order valence-electron chi connectivity index (χ2n) is 15.4. The molecular formula is C40H54BrN2O4PS. The van der Waals surface area contributed by atoms with Gasteiger partial charge in [-0.3, -0.25) is 9.29 Å². The first-order chi connectivity index (χ1) is 23.0. The van der Waals surface area contributed by atoms with Crippen LogP contribution in [-0.4, -0.2) is 19.1 Å².